The molecule has 164 valence electrons. The molecular formula is C26H39N2O2+. The number of para-hydroxylation sites is 1. The maximum atomic E-state index is 6.22. The SMILES string of the molecule is CC[C@]1(C)C[C@@](CC[NH2+]Cc2ccc(N(C)C)cc2)(c2ccccc2OC)CCO1. The molecule has 3 rings (SSSR count). The van der Waals surface area contributed by atoms with E-state index in [1.807, 2.05) is 0 Å². The van der Waals surface area contributed by atoms with Crippen LogP contribution >= 0.6 is 0 Å². The van der Waals surface area contributed by atoms with Gasteiger partial charge < -0.3 is 19.7 Å². The quantitative estimate of drug-likeness (QED) is 0.631. The van der Waals surface area contributed by atoms with E-state index in [-0.39, 0.29) is 11.0 Å². The minimum Gasteiger partial charge on any atom is -0.496 e. The van der Waals surface area contributed by atoms with Gasteiger partial charge in [-0.15, -0.1) is 0 Å². The zero-order valence-electron chi connectivity index (χ0n) is 19.4. The molecule has 2 aromatic rings. The van der Waals surface area contributed by atoms with Crippen LogP contribution in [0.3, 0.4) is 0 Å². The summed E-state index contributed by atoms with van der Waals surface area (Å²) in [5.74, 6) is 1.01. The largest absolute Gasteiger partial charge is 0.496 e. The summed E-state index contributed by atoms with van der Waals surface area (Å²) in [6, 6.07) is 17.5. The summed E-state index contributed by atoms with van der Waals surface area (Å²) in [7, 11) is 5.95. The molecule has 0 radical (unpaired) electrons. The van der Waals surface area contributed by atoms with E-state index in [1.54, 1.807) is 7.11 Å². The summed E-state index contributed by atoms with van der Waals surface area (Å²) in [4.78, 5) is 2.14. The van der Waals surface area contributed by atoms with Gasteiger partial charge in [-0.25, -0.2) is 0 Å². The summed E-state index contributed by atoms with van der Waals surface area (Å²) in [5.41, 5.74) is 3.99. The van der Waals surface area contributed by atoms with Crippen molar-refractivity contribution in [3.8, 4) is 5.75 Å². The first-order chi connectivity index (χ1) is 14.4. The Morgan fingerprint density at radius 3 is 2.50 bits per heavy atom. The van der Waals surface area contributed by atoms with Gasteiger partial charge in [-0.1, -0.05) is 37.3 Å². The second-order valence-electron chi connectivity index (χ2n) is 9.15. The Morgan fingerprint density at radius 1 is 1.10 bits per heavy atom. The third-order valence-corrected chi connectivity index (χ3v) is 6.83. The first-order valence-corrected chi connectivity index (χ1v) is 11.3. The molecule has 2 N–H and O–H groups in total. The van der Waals surface area contributed by atoms with E-state index < -0.39 is 0 Å². The fourth-order valence-corrected chi connectivity index (χ4v) is 4.81. The number of rotatable bonds is 9. The van der Waals surface area contributed by atoms with E-state index in [1.165, 1.54) is 16.8 Å². The normalized spacial score (nSPS) is 23.9. The molecule has 1 fully saturated rings. The summed E-state index contributed by atoms with van der Waals surface area (Å²) in [5, 5.41) is 2.45. The van der Waals surface area contributed by atoms with Gasteiger partial charge in [0.15, 0.2) is 0 Å². The van der Waals surface area contributed by atoms with Crippen molar-refractivity contribution in [3.63, 3.8) is 0 Å². The Balaban J connectivity index is 1.72. The number of benzene rings is 2. The van der Waals surface area contributed by atoms with Crippen LogP contribution in [0.4, 0.5) is 5.69 Å². The lowest BCUT2D eigenvalue weighted by molar-refractivity contribution is -0.672. The topological polar surface area (TPSA) is 38.3 Å². The number of nitrogens with zero attached hydrogens (tertiary/aromatic N) is 1. The lowest BCUT2D eigenvalue weighted by Gasteiger charge is -2.46. The Bertz CT molecular complexity index is 805. The lowest BCUT2D eigenvalue weighted by Crippen LogP contribution is -2.83. The van der Waals surface area contributed by atoms with Gasteiger partial charge in [-0.3, -0.25) is 0 Å². The van der Waals surface area contributed by atoms with Crippen molar-refractivity contribution in [2.75, 3.05) is 39.3 Å². The van der Waals surface area contributed by atoms with E-state index >= 15 is 0 Å². The maximum absolute atomic E-state index is 6.22. The number of hydrogen-bond acceptors (Lipinski definition) is 3. The van der Waals surface area contributed by atoms with Gasteiger partial charge in [0, 0.05) is 49.4 Å². The standard InChI is InChI=1S/C26H38N2O2/c1-6-25(2)20-26(16-18-30-25,23-9-7-8-10-24(23)29-5)15-17-27-19-21-11-13-22(14-12-21)28(3)4/h7-14,27H,6,15-20H2,1-5H3/p+1/t25-,26+/m1/s1. The predicted molar refractivity (Wildman–Crippen MR) is 124 cm³/mol. The van der Waals surface area contributed by atoms with Crippen LogP contribution in [0, 0.1) is 0 Å². The zero-order valence-corrected chi connectivity index (χ0v) is 19.4. The average molecular weight is 412 g/mol. The number of anilines is 1. The summed E-state index contributed by atoms with van der Waals surface area (Å²) >= 11 is 0. The van der Waals surface area contributed by atoms with Crippen molar-refractivity contribution in [2.45, 2.75) is 57.1 Å². The Morgan fingerprint density at radius 2 is 1.83 bits per heavy atom. The summed E-state index contributed by atoms with van der Waals surface area (Å²) in [6.45, 7) is 7.42. The van der Waals surface area contributed by atoms with Crippen molar-refractivity contribution < 1.29 is 14.8 Å². The number of quaternary nitrogens is 1. The monoisotopic (exact) mass is 411 g/mol. The van der Waals surface area contributed by atoms with Gasteiger partial charge in [0.05, 0.1) is 19.3 Å². The minimum atomic E-state index is -0.0683. The molecule has 0 unspecified atom stereocenters. The molecule has 0 saturated carbocycles. The molecule has 0 spiro atoms. The fraction of sp³-hybridized carbons (Fsp3) is 0.538. The van der Waals surface area contributed by atoms with Crippen LogP contribution in [-0.2, 0) is 16.7 Å². The molecule has 4 nitrogen and oxygen atoms in total. The van der Waals surface area contributed by atoms with Crippen LogP contribution in [0.2, 0.25) is 0 Å². The molecule has 0 aromatic heterocycles. The van der Waals surface area contributed by atoms with Gasteiger partial charge in [-0.05, 0) is 44.4 Å². The zero-order chi connectivity index (χ0) is 21.6. The van der Waals surface area contributed by atoms with Crippen molar-refractivity contribution in [2.24, 2.45) is 0 Å². The van der Waals surface area contributed by atoms with Crippen LogP contribution in [-0.4, -0.2) is 40.0 Å². The maximum Gasteiger partial charge on any atom is 0.122 e. The van der Waals surface area contributed by atoms with Gasteiger partial charge in [-0.2, -0.15) is 0 Å². The molecule has 1 heterocycles. The molecular weight excluding hydrogens is 372 g/mol. The number of hydrogen-bond donors (Lipinski definition) is 1. The number of nitrogens with two attached hydrogens (primary N) is 1. The lowest BCUT2D eigenvalue weighted by atomic mass is 9.66. The van der Waals surface area contributed by atoms with E-state index in [0.29, 0.717) is 0 Å². The molecule has 0 amide bonds. The van der Waals surface area contributed by atoms with Crippen molar-refractivity contribution in [1.82, 2.24) is 0 Å². The second kappa shape index (κ2) is 9.84. The minimum absolute atomic E-state index is 0.0683. The van der Waals surface area contributed by atoms with Crippen LogP contribution < -0.4 is 15.0 Å². The third-order valence-electron chi connectivity index (χ3n) is 6.83. The number of methoxy groups -OCH3 is 1. The van der Waals surface area contributed by atoms with E-state index in [9.17, 15) is 0 Å². The van der Waals surface area contributed by atoms with Gasteiger partial charge >= 0.3 is 0 Å². The van der Waals surface area contributed by atoms with E-state index in [2.05, 4.69) is 86.7 Å². The summed E-state index contributed by atoms with van der Waals surface area (Å²) in [6.07, 6.45) is 4.25. The first kappa shape index (κ1) is 22.6. The van der Waals surface area contributed by atoms with Gasteiger partial charge in [0.25, 0.3) is 0 Å². The molecule has 0 aliphatic carbocycles. The first-order valence-electron chi connectivity index (χ1n) is 11.3. The van der Waals surface area contributed by atoms with Crippen molar-refractivity contribution >= 4 is 5.69 Å². The second-order valence-corrected chi connectivity index (χ2v) is 9.15. The highest BCUT2D eigenvalue weighted by atomic mass is 16.5. The molecule has 1 aliphatic heterocycles. The Hall–Kier alpha value is -2.04. The average Bonchev–Trinajstić information content (AvgIpc) is 2.77. The Labute approximate surface area is 182 Å². The highest BCUT2D eigenvalue weighted by Gasteiger charge is 2.44. The van der Waals surface area contributed by atoms with Gasteiger partial charge in [0.2, 0.25) is 0 Å². The molecule has 30 heavy (non-hydrogen) atoms. The molecule has 2 atom stereocenters. The predicted octanol–water partition coefficient (Wildman–Crippen LogP) is 4.13. The van der Waals surface area contributed by atoms with E-state index in [0.717, 1.165) is 51.1 Å². The van der Waals surface area contributed by atoms with Crippen molar-refractivity contribution in [1.29, 1.82) is 0 Å². The molecule has 2 aromatic carbocycles. The number of ether oxygens (including phenoxy) is 2. The highest BCUT2D eigenvalue weighted by molar-refractivity contribution is 5.45. The van der Waals surface area contributed by atoms with Gasteiger partial charge in [0.1, 0.15) is 12.3 Å². The van der Waals surface area contributed by atoms with Crippen LogP contribution in [0.1, 0.15) is 50.7 Å². The van der Waals surface area contributed by atoms with Crippen LogP contribution in [0.15, 0.2) is 48.5 Å². The Kier molecular flexibility index (Phi) is 7.43. The summed E-state index contributed by atoms with van der Waals surface area (Å²) < 4.78 is 12.0. The van der Waals surface area contributed by atoms with Crippen molar-refractivity contribution in [3.05, 3.63) is 59.7 Å². The molecule has 1 aliphatic rings. The van der Waals surface area contributed by atoms with Crippen LogP contribution in [0.5, 0.6) is 5.75 Å². The highest BCUT2D eigenvalue weighted by Crippen LogP contribution is 2.47. The van der Waals surface area contributed by atoms with Crippen LogP contribution in [0.25, 0.3) is 0 Å². The fourth-order valence-electron chi connectivity index (χ4n) is 4.81. The smallest absolute Gasteiger partial charge is 0.122 e. The van der Waals surface area contributed by atoms with E-state index in [4.69, 9.17) is 9.47 Å². The molecule has 4 heteroatoms. The molecule has 0 bridgehead atoms. The third kappa shape index (κ3) is 5.16. The molecule has 1 saturated heterocycles.